The smallest absolute Gasteiger partial charge is 0.227 e. The molecule has 2 unspecified atom stereocenters. The zero-order valence-electron chi connectivity index (χ0n) is 11.5. The van der Waals surface area contributed by atoms with Crippen LogP contribution in [0.1, 0.15) is 27.2 Å². The van der Waals surface area contributed by atoms with Crippen LogP contribution in [0.5, 0.6) is 0 Å². The van der Waals surface area contributed by atoms with Crippen LogP contribution in [0.15, 0.2) is 24.4 Å². The molecular formula is C15H19N3O. The van der Waals surface area contributed by atoms with Crippen molar-refractivity contribution in [1.29, 1.82) is 0 Å². The summed E-state index contributed by atoms with van der Waals surface area (Å²) < 4.78 is 0. The van der Waals surface area contributed by atoms with Gasteiger partial charge in [-0.2, -0.15) is 5.10 Å². The Kier molecular flexibility index (Phi) is 2.62. The first-order valence-corrected chi connectivity index (χ1v) is 6.69. The van der Waals surface area contributed by atoms with Crippen LogP contribution in [0.4, 0.5) is 5.69 Å². The van der Waals surface area contributed by atoms with E-state index in [0.29, 0.717) is 5.92 Å². The molecule has 2 N–H and O–H groups in total. The molecule has 1 amide bonds. The third kappa shape index (κ3) is 2.35. The number of fused-ring (bicyclic) bond motifs is 1. The summed E-state index contributed by atoms with van der Waals surface area (Å²) in [5.74, 6) is 0.813. The summed E-state index contributed by atoms with van der Waals surface area (Å²) in [6.07, 6.45) is 2.77. The largest absolute Gasteiger partial charge is 0.326 e. The van der Waals surface area contributed by atoms with Crippen molar-refractivity contribution >= 4 is 22.5 Å². The Bertz CT molecular complexity index is 624. The van der Waals surface area contributed by atoms with Gasteiger partial charge >= 0.3 is 0 Å². The Hall–Kier alpha value is -1.84. The molecular weight excluding hydrogens is 238 g/mol. The lowest BCUT2D eigenvalue weighted by Crippen LogP contribution is -2.19. The molecule has 4 heteroatoms. The van der Waals surface area contributed by atoms with E-state index >= 15 is 0 Å². The number of hydrogen-bond donors (Lipinski definition) is 2. The fourth-order valence-electron chi connectivity index (χ4n) is 2.70. The Morgan fingerprint density at radius 3 is 2.89 bits per heavy atom. The van der Waals surface area contributed by atoms with E-state index in [2.05, 4.69) is 36.3 Å². The molecule has 1 heterocycles. The van der Waals surface area contributed by atoms with Gasteiger partial charge in [-0.25, -0.2) is 0 Å². The lowest BCUT2D eigenvalue weighted by Gasteiger charge is -2.17. The second-order valence-corrected chi connectivity index (χ2v) is 6.48. The molecule has 0 saturated heterocycles. The highest BCUT2D eigenvalue weighted by Crippen LogP contribution is 2.51. The number of anilines is 1. The van der Waals surface area contributed by atoms with Crippen molar-refractivity contribution in [3.63, 3.8) is 0 Å². The summed E-state index contributed by atoms with van der Waals surface area (Å²) in [6.45, 7) is 6.59. The summed E-state index contributed by atoms with van der Waals surface area (Å²) in [4.78, 5) is 12.2. The Morgan fingerprint density at radius 1 is 1.42 bits per heavy atom. The maximum absolute atomic E-state index is 12.2. The van der Waals surface area contributed by atoms with Crippen molar-refractivity contribution in [2.45, 2.75) is 27.2 Å². The van der Waals surface area contributed by atoms with Crippen molar-refractivity contribution in [3.05, 3.63) is 24.4 Å². The van der Waals surface area contributed by atoms with Crippen LogP contribution in [0.25, 0.3) is 10.9 Å². The average molecular weight is 257 g/mol. The third-order valence-electron chi connectivity index (χ3n) is 3.95. The fraction of sp³-hybridized carbons (Fsp3) is 0.467. The number of H-pyrrole nitrogens is 1. The van der Waals surface area contributed by atoms with E-state index in [9.17, 15) is 4.79 Å². The predicted molar refractivity (Wildman–Crippen MR) is 75.8 cm³/mol. The van der Waals surface area contributed by atoms with Gasteiger partial charge < -0.3 is 5.32 Å². The number of aromatic nitrogens is 2. The number of aromatic amines is 1. The molecule has 4 nitrogen and oxygen atoms in total. The van der Waals surface area contributed by atoms with Gasteiger partial charge in [0.05, 0.1) is 11.7 Å². The van der Waals surface area contributed by atoms with Gasteiger partial charge in [0, 0.05) is 17.0 Å². The quantitative estimate of drug-likeness (QED) is 0.868. The molecule has 1 aliphatic carbocycles. The van der Waals surface area contributed by atoms with Crippen LogP contribution >= 0.6 is 0 Å². The molecule has 3 rings (SSSR count). The minimum absolute atomic E-state index is 0.141. The van der Waals surface area contributed by atoms with Crippen molar-refractivity contribution in [3.8, 4) is 0 Å². The zero-order chi connectivity index (χ0) is 13.6. The molecule has 0 bridgehead atoms. The lowest BCUT2D eigenvalue weighted by atomic mass is 9.89. The Balaban J connectivity index is 1.70. The van der Waals surface area contributed by atoms with Gasteiger partial charge in [0.2, 0.25) is 5.91 Å². The van der Waals surface area contributed by atoms with Crippen LogP contribution in [0.2, 0.25) is 0 Å². The summed E-state index contributed by atoms with van der Waals surface area (Å²) in [5, 5.41) is 10.9. The van der Waals surface area contributed by atoms with Crippen molar-refractivity contribution < 1.29 is 4.79 Å². The number of nitrogens with one attached hydrogen (secondary N) is 2. The molecule has 100 valence electrons. The number of carbonyl (C=O) groups excluding carboxylic acids is 1. The van der Waals surface area contributed by atoms with E-state index in [4.69, 9.17) is 0 Å². The molecule has 2 aromatic rings. The van der Waals surface area contributed by atoms with E-state index in [1.807, 2.05) is 18.2 Å². The standard InChI is InChI=1S/C15H19N3O/c1-15(2,3)12-7-11(12)14(19)17-10-4-5-13-9(6-10)8-16-18-13/h4-6,8,11-12H,7H2,1-3H3,(H,16,18)(H,17,19). The fourth-order valence-corrected chi connectivity index (χ4v) is 2.70. The Labute approximate surface area is 112 Å². The van der Waals surface area contributed by atoms with Gasteiger partial charge in [0.15, 0.2) is 0 Å². The molecule has 0 aliphatic heterocycles. The molecule has 1 aromatic heterocycles. The van der Waals surface area contributed by atoms with E-state index in [1.165, 1.54) is 0 Å². The molecule has 1 aliphatic rings. The lowest BCUT2D eigenvalue weighted by molar-refractivity contribution is -0.117. The third-order valence-corrected chi connectivity index (χ3v) is 3.95. The second-order valence-electron chi connectivity index (χ2n) is 6.48. The number of rotatable bonds is 2. The maximum atomic E-state index is 12.2. The van der Waals surface area contributed by atoms with E-state index in [1.54, 1.807) is 6.20 Å². The maximum Gasteiger partial charge on any atom is 0.227 e. The topological polar surface area (TPSA) is 57.8 Å². The van der Waals surface area contributed by atoms with Crippen molar-refractivity contribution in [1.82, 2.24) is 10.2 Å². The van der Waals surface area contributed by atoms with Gasteiger partial charge in [-0.1, -0.05) is 20.8 Å². The van der Waals surface area contributed by atoms with E-state index in [-0.39, 0.29) is 17.2 Å². The number of hydrogen-bond acceptors (Lipinski definition) is 2. The number of benzene rings is 1. The highest BCUT2D eigenvalue weighted by molar-refractivity contribution is 5.96. The highest BCUT2D eigenvalue weighted by atomic mass is 16.2. The van der Waals surface area contributed by atoms with Crippen LogP contribution in [-0.4, -0.2) is 16.1 Å². The SMILES string of the molecule is CC(C)(C)C1CC1C(=O)Nc1ccc2[nH]ncc2c1. The molecule has 1 saturated carbocycles. The summed E-state index contributed by atoms with van der Waals surface area (Å²) in [5.41, 5.74) is 2.05. The zero-order valence-corrected chi connectivity index (χ0v) is 11.5. The summed E-state index contributed by atoms with van der Waals surface area (Å²) in [7, 11) is 0. The van der Waals surface area contributed by atoms with Crippen molar-refractivity contribution in [2.75, 3.05) is 5.32 Å². The second kappa shape index (κ2) is 4.08. The van der Waals surface area contributed by atoms with Gasteiger partial charge in [-0.05, 0) is 36.0 Å². The monoisotopic (exact) mass is 257 g/mol. The van der Waals surface area contributed by atoms with Crippen molar-refractivity contribution in [2.24, 2.45) is 17.3 Å². The van der Waals surface area contributed by atoms with Crippen LogP contribution in [0.3, 0.4) is 0 Å². The average Bonchev–Trinajstić information content (AvgIpc) is 3.02. The number of nitrogens with zero attached hydrogens (tertiary/aromatic N) is 1. The molecule has 19 heavy (non-hydrogen) atoms. The molecule has 2 atom stereocenters. The first kappa shape index (κ1) is 12.2. The first-order chi connectivity index (χ1) is 8.95. The van der Waals surface area contributed by atoms with Gasteiger partial charge in [-0.15, -0.1) is 0 Å². The van der Waals surface area contributed by atoms with Gasteiger partial charge in [0.25, 0.3) is 0 Å². The minimum Gasteiger partial charge on any atom is -0.326 e. The first-order valence-electron chi connectivity index (χ1n) is 6.69. The van der Waals surface area contributed by atoms with Gasteiger partial charge in [0.1, 0.15) is 0 Å². The number of carbonyl (C=O) groups is 1. The van der Waals surface area contributed by atoms with E-state index in [0.717, 1.165) is 23.0 Å². The predicted octanol–water partition coefficient (Wildman–Crippen LogP) is 3.18. The molecule has 1 aromatic carbocycles. The highest BCUT2D eigenvalue weighted by Gasteiger charge is 2.49. The normalized spacial score (nSPS) is 22.5. The minimum atomic E-state index is 0.141. The van der Waals surface area contributed by atoms with Gasteiger partial charge in [-0.3, -0.25) is 9.89 Å². The van der Waals surface area contributed by atoms with Crippen LogP contribution < -0.4 is 5.32 Å². The molecule has 0 spiro atoms. The summed E-state index contributed by atoms with van der Waals surface area (Å²) >= 11 is 0. The van der Waals surface area contributed by atoms with Crippen LogP contribution in [0, 0.1) is 17.3 Å². The number of amides is 1. The van der Waals surface area contributed by atoms with Crippen LogP contribution in [-0.2, 0) is 4.79 Å². The molecule has 0 radical (unpaired) electrons. The Morgan fingerprint density at radius 2 is 2.21 bits per heavy atom. The summed E-state index contributed by atoms with van der Waals surface area (Å²) in [6, 6.07) is 5.80. The van der Waals surface area contributed by atoms with E-state index < -0.39 is 0 Å². The molecule has 1 fully saturated rings.